The zero-order chi connectivity index (χ0) is 19.8. The molecule has 0 saturated heterocycles. The molecule has 0 atom stereocenters. The fourth-order valence-electron chi connectivity index (χ4n) is 2.82. The third kappa shape index (κ3) is 6.88. The molecule has 0 amide bonds. The molecule has 7 nitrogen and oxygen atoms in total. The van der Waals surface area contributed by atoms with E-state index in [9.17, 15) is 0 Å². The molecular formula is C21H29IN6O. The van der Waals surface area contributed by atoms with E-state index in [1.165, 1.54) is 5.56 Å². The molecule has 2 N–H and O–H groups in total. The fourth-order valence-corrected chi connectivity index (χ4v) is 2.82. The maximum absolute atomic E-state index is 5.68. The fraction of sp³-hybridized carbons (Fsp3) is 0.381. The minimum Gasteiger partial charge on any atom is -0.491 e. The molecule has 0 aliphatic carbocycles. The Bertz CT molecular complexity index is 907. The molecule has 2 aromatic heterocycles. The Balaban J connectivity index is 0.00000300. The lowest BCUT2D eigenvalue weighted by Gasteiger charge is -2.12. The van der Waals surface area contributed by atoms with Crippen molar-refractivity contribution in [3.63, 3.8) is 0 Å². The first kappa shape index (κ1) is 22.9. The molecule has 0 radical (unpaired) electrons. The molecule has 0 aliphatic rings. The van der Waals surface area contributed by atoms with Crippen LogP contribution in [0.15, 0.2) is 53.7 Å². The highest BCUT2D eigenvalue weighted by Crippen LogP contribution is 2.14. The van der Waals surface area contributed by atoms with E-state index in [2.05, 4.69) is 44.9 Å². The van der Waals surface area contributed by atoms with Crippen molar-refractivity contribution < 1.29 is 4.74 Å². The minimum absolute atomic E-state index is 0. The lowest BCUT2D eigenvalue weighted by molar-refractivity contribution is 0.242. The number of nitrogens with one attached hydrogen (secondary N) is 2. The number of benzene rings is 1. The van der Waals surface area contributed by atoms with Crippen LogP contribution in [0.5, 0.6) is 5.75 Å². The van der Waals surface area contributed by atoms with Crippen molar-refractivity contribution in [3.05, 3.63) is 60.0 Å². The second-order valence-electron chi connectivity index (χ2n) is 6.73. The highest BCUT2D eigenvalue weighted by molar-refractivity contribution is 14.0. The summed E-state index contributed by atoms with van der Waals surface area (Å²) in [5.41, 5.74) is 2.08. The molecule has 8 heteroatoms. The number of pyridine rings is 1. The Morgan fingerprint density at radius 3 is 2.62 bits per heavy atom. The quantitative estimate of drug-likeness (QED) is 0.277. The molecule has 156 valence electrons. The van der Waals surface area contributed by atoms with Crippen molar-refractivity contribution in [1.29, 1.82) is 0 Å². The summed E-state index contributed by atoms with van der Waals surface area (Å²) < 4.78 is 7.64. The van der Waals surface area contributed by atoms with E-state index in [1.807, 2.05) is 54.8 Å². The van der Waals surface area contributed by atoms with Crippen molar-refractivity contribution in [2.75, 3.05) is 13.1 Å². The van der Waals surface area contributed by atoms with Gasteiger partial charge in [0.15, 0.2) is 17.4 Å². The Morgan fingerprint density at radius 2 is 1.90 bits per heavy atom. The van der Waals surface area contributed by atoms with Gasteiger partial charge in [0.05, 0.1) is 6.10 Å². The van der Waals surface area contributed by atoms with E-state index < -0.39 is 0 Å². The number of aromatic nitrogens is 3. The summed E-state index contributed by atoms with van der Waals surface area (Å²) in [6.45, 7) is 8.16. The second kappa shape index (κ2) is 11.6. The number of hydrogen-bond donors (Lipinski definition) is 2. The number of nitrogens with zero attached hydrogens (tertiary/aromatic N) is 4. The van der Waals surface area contributed by atoms with Crippen LogP contribution < -0.4 is 15.4 Å². The molecule has 2 heterocycles. The Labute approximate surface area is 189 Å². The van der Waals surface area contributed by atoms with Crippen LogP contribution in [-0.4, -0.2) is 39.8 Å². The van der Waals surface area contributed by atoms with Gasteiger partial charge in [-0.1, -0.05) is 18.2 Å². The Kier molecular flexibility index (Phi) is 9.17. The summed E-state index contributed by atoms with van der Waals surface area (Å²) in [7, 11) is 0. The van der Waals surface area contributed by atoms with Gasteiger partial charge in [0.1, 0.15) is 12.3 Å². The molecule has 0 spiro atoms. The van der Waals surface area contributed by atoms with E-state index in [0.29, 0.717) is 6.54 Å². The van der Waals surface area contributed by atoms with Crippen molar-refractivity contribution in [3.8, 4) is 5.75 Å². The van der Waals surface area contributed by atoms with Crippen molar-refractivity contribution in [1.82, 2.24) is 25.2 Å². The van der Waals surface area contributed by atoms with Crippen LogP contribution in [0.4, 0.5) is 0 Å². The topological polar surface area (TPSA) is 75.8 Å². The Hall–Kier alpha value is -2.36. The monoisotopic (exact) mass is 508 g/mol. The molecule has 0 bridgehead atoms. The van der Waals surface area contributed by atoms with E-state index >= 15 is 0 Å². The molecule has 1 aromatic carbocycles. The number of halogens is 1. The summed E-state index contributed by atoms with van der Waals surface area (Å²) in [5, 5.41) is 15.0. The zero-order valence-corrected chi connectivity index (χ0v) is 19.5. The summed E-state index contributed by atoms with van der Waals surface area (Å²) in [6.07, 6.45) is 3.04. The maximum atomic E-state index is 5.68. The van der Waals surface area contributed by atoms with Gasteiger partial charge in [-0.2, -0.15) is 0 Å². The molecule has 29 heavy (non-hydrogen) atoms. The largest absolute Gasteiger partial charge is 0.491 e. The molecule has 0 aliphatic heterocycles. The summed E-state index contributed by atoms with van der Waals surface area (Å²) in [4.78, 5) is 4.64. The van der Waals surface area contributed by atoms with Gasteiger partial charge in [0.25, 0.3) is 0 Å². The predicted octanol–water partition coefficient (Wildman–Crippen LogP) is 3.43. The van der Waals surface area contributed by atoms with Crippen LogP contribution in [0.25, 0.3) is 5.65 Å². The first-order valence-electron chi connectivity index (χ1n) is 9.72. The number of fused-ring (bicyclic) bond motifs is 1. The minimum atomic E-state index is 0. The molecule has 0 saturated carbocycles. The SMILES string of the molecule is CCNC(=NCc1nnc2ccccn12)NCCc1ccc(OC(C)C)cc1.I. The van der Waals surface area contributed by atoms with Gasteiger partial charge in [-0.25, -0.2) is 4.99 Å². The van der Waals surface area contributed by atoms with Crippen LogP contribution in [0.3, 0.4) is 0 Å². The second-order valence-corrected chi connectivity index (χ2v) is 6.73. The van der Waals surface area contributed by atoms with Gasteiger partial charge in [-0.05, 0) is 57.0 Å². The van der Waals surface area contributed by atoms with Crippen LogP contribution in [0.1, 0.15) is 32.2 Å². The highest BCUT2D eigenvalue weighted by Gasteiger charge is 2.05. The summed E-state index contributed by atoms with van der Waals surface area (Å²) in [5.74, 6) is 2.49. The third-order valence-corrected chi connectivity index (χ3v) is 4.11. The van der Waals surface area contributed by atoms with Crippen LogP contribution >= 0.6 is 24.0 Å². The van der Waals surface area contributed by atoms with Gasteiger partial charge in [0, 0.05) is 19.3 Å². The maximum Gasteiger partial charge on any atom is 0.191 e. The number of hydrogen-bond acceptors (Lipinski definition) is 4. The standard InChI is InChI=1S/C21H28N6O.HI/c1-4-22-21(24-15-20-26-25-19-7-5-6-14-27(19)20)23-13-12-17-8-10-18(11-9-17)28-16(2)3;/h5-11,14,16H,4,12-13,15H2,1-3H3,(H2,22,23,24);1H. The molecular weight excluding hydrogens is 479 g/mol. The highest BCUT2D eigenvalue weighted by atomic mass is 127. The molecule has 3 rings (SSSR count). The van der Waals surface area contributed by atoms with Gasteiger partial charge in [-0.15, -0.1) is 34.2 Å². The number of ether oxygens (including phenoxy) is 1. The number of guanidine groups is 1. The lowest BCUT2D eigenvalue weighted by Crippen LogP contribution is -2.38. The van der Waals surface area contributed by atoms with E-state index in [-0.39, 0.29) is 30.1 Å². The van der Waals surface area contributed by atoms with Gasteiger partial charge >= 0.3 is 0 Å². The normalized spacial score (nSPS) is 11.4. The first-order valence-corrected chi connectivity index (χ1v) is 9.72. The predicted molar refractivity (Wildman–Crippen MR) is 127 cm³/mol. The summed E-state index contributed by atoms with van der Waals surface area (Å²) >= 11 is 0. The number of rotatable bonds is 8. The van der Waals surface area contributed by atoms with Crippen molar-refractivity contribution in [2.24, 2.45) is 4.99 Å². The lowest BCUT2D eigenvalue weighted by atomic mass is 10.1. The van der Waals surface area contributed by atoms with Crippen LogP contribution in [0.2, 0.25) is 0 Å². The third-order valence-electron chi connectivity index (χ3n) is 4.11. The van der Waals surface area contributed by atoms with Crippen LogP contribution in [-0.2, 0) is 13.0 Å². The zero-order valence-electron chi connectivity index (χ0n) is 17.1. The molecule has 0 fully saturated rings. The molecule has 0 unspecified atom stereocenters. The van der Waals surface area contributed by atoms with Gasteiger partial charge in [0.2, 0.25) is 0 Å². The van der Waals surface area contributed by atoms with E-state index in [4.69, 9.17) is 4.74 Å². The van der Waals surface area contributed by atoms with Crippen molar-refractivity contribution >= 4 is 35.6 Å². The number of aliphatic imine (C=N–C) groups is 1. The average Bonchev–Trinajstić information content (AvgIpc) is 3.10. The van der Waals surface area contributed by atoms with Gasteiger partial charge < -0.3 is 15.4 Å². The summed E-state index contributed by atoms with van der Waals surface area (Å²) in [6, 6.07) is 14.1. The Morgan fingerprint density at radius 1 is 1.10 bits per heavy atom. The van der Waals surface area contributed by atoms with E-state index in [1.54, 1.807) is 0 Å². The smallest absolute Gasteiger partial charge is 0.191 e. The van der Waals surface area contributed by atoms with Gasteiger partial charge in [-0.3, -0.25) is 4.40 Å². The van der Waals surface area contributed by atoms with E-state index in [0.717, 1.165) is 42.7 Å². The average molecular weight is 508 g/mol. The van der Waals surface area contributed by atoms with Crippen LogP contribution in [0, 0.1) is 0 Å². The molecule has 3 aromatic rings. The van der Waals surface area contributed by atoms with Crippen molar-refractivity contribution in [2.45, 2.75) is 39.8 Å². The first-order chi connectivity index (χ1) is 13.7.